The van der Waals surface area contributed by atoms with Crippen LogP contribution < -0.4 is 19.5 Å². The number of carboxylic acid groups (broad SMARTS) is 1. The van der Waals surface area contributed by atoms with E-state index in [4.69, 9.17) is 42.7 Å². The van der Waals surface area contributed by atoms with Crippen molar-refractivity contribution < 1.29 is 28.9 Å². The molecule has 0 spiro atoms. The number of carboxylic acids is 1. The molecule has 2 N–H and O–H groups in total. The monoisotopic (exact) mass is 829 g/mol. The first kappa shape index (κ1) is 39.0. The van der Waals surface area contributed by atoms with Crippen molar-refractivity contribution in [2.45, 2.75) is 50.7 Å². The van der Waals surface area contributed by atoms with E-state index in [-0.39, 0.29) is 18.4 Å². The van der Waals surface area contributed by atoms with E-state index in [0.717, 1.165) is 43.8 Å². The van der Waals surface area contributed by atoms with Crippen molar-refractivity contribution in [3.63, 3.8) is 0 Å². The lowest BCUT2D eigenvalue weighted by atomic mass is 9.92. The Kier molecular flexibility index (Phi) is 11.7. The first-order chi connectivity index (χ1) is 28.2. The summed E-state index contributed by atoms with van der Waals surface area (Å²) in [6, 6.07) is 36.4. The quantitative estimate of drug-likeness (QED) is 0.125. The van der Waals surface area contributed by atoms with Crippen LogP contribution in [0.3, 0.4) is 0 Å². The number of halogens is 2. The van der Waals surface area contributed by atoms with Crippen LogP contribution in [0.15, 0.2) is 121 Å². The highest BCUT2D eigenvalue weighted by Gasteiger charge is 2.36. The standard InChI is InChI=1S/C46H37Cl2N3O6S/c47-38-16-7-30(18-39(38)48)26-55-36-14-12-33(13-15-36)44-27-56-42-21-34-20-41(51(25-37-2-1-17-58-37)24-35(34)22-43(42)57-44)45(52)50-40(46(53)54)19-28-3-8-31(9-4-28)32-10-5-29(23-49)6-11-32/h1-18,21-22,40-41,44H,19-20,24-27H2,(H,50,52)(H,53,54). The summed E-state index contributed by atoms with van der Waals surface area (Å²) in [5.74, 6) is 0.489. The maximum atomic E-state index is 14.1. The van der Waals surface area contributed by atoms with Crippen LogP contribution >= 0.6 is 34.5 Å². The average Bonchev–Trinajstić information content (AvgIpc) is 3.76. The number of carbonyl (C=O) groups excluding carboxylic acids is 1. The number of rotatable bonds is 12. The van der Waals surface area contributed by atoms with Crippen LogP contribution in [0.4, 0.5) is 0 Å². The highest BCUT2D eigenvalue weighted by atomic mass is 35.5. The summed E-state index contributed by atoms with van der Waals surface area (Å²) in [5.41, 5.74) is 7.08. The smallest absolute Gasteiger partial charge is 0.326 e. The van der Waals surface area contributed by atoms with Gasteiger partial charge < -0.3 is 24.6 Å². The first-order valence-electron chi connectivity index (χ1n) is 18.7. The van der Waals surface area contributed by atoms with Gasteiger partial charge in [0.2, 0.25) is 5.91 Å². The molecule has 0 saturated heterocycles. The minimum atomic E-state index is -1.13. The zero-order valence-electron chi connectivity index (χ0n) is 31.1. The number of aliphatic carboxylic acids is 1. The molecule has 2 aliphatic heterocycles. The molecule has 3 atom stereocenters. The van der Waals surface area contributed by atoms with E-state index >= 15 is 0 Å². The van der Waals surface area contributed by atoms with Gasteiger partial charge in [0.05, 0.1) is 27.7 Å². The number of nitrogens with one attached hydrogen (secondary N) is 1. The van der Waals surface area contributed by atoms with Crippen molar-refractivity contribution in [2.75, 3.05) is 6.61 Å². The number of ether oxygens (including phenoxy) is 3. The maximum Gasteiger partial charge on any atom is 0.326 e. The molecular formula is C46H37Cl2N3O6S. The molecule has 0 fully saturated rings. The number of nitriles is 1. The molecule has 12 heteroatoms. The Hall–Kier alpha value is -5.83. The van der Waals surface area contributed by atoms with Crippen molar-refractivity contribution in [3.05, 3.63) is 169 Å². The molecule has 0 radical (unpaired) electrons. The van der Waals surface area contributed by atoms with E-state index in [2.05, 4.69) is 16.3 Å². The molecular weight excluding hydrogens is 793 g/mol. The van der Waals surface area contributed by atoms with Gasteiger partial charge >= 0.3 is 5.97 Å². The number of hydrogen-bond acceptors (Lipinski definition) is 8. The van der Waals surface area contributed by atoms with E-state index in [1.807, 2.05) is 96.4 Å². The molecule has 8 rings (SSSR count). The summed E-state index contributed by atoms with van der Waals surface area (Å²) in [4.78, 5) is 29.8. The van der Waals surface area contributed by atoms with E-state index in [0.29, 0.717) is 65.6 Å². The molecule has 292 valence electrons. The Bertz CT molecular complexity index is 2470. The Balaban J connectivity index is 0.945. The van der Waals surface area contributed by atoms with Crippen LogP contribution in [-0.4, -0.2) is 40.6 Å². The molecule has 0 bridgehead atoms. The third-order valence-electron chi connectivity index (χ3n) is 10.4. The van der Waals surface area contributed by atoms with Crippen LogP contribution in [0, 0.1) is 11.3 Å². The van der Waals surface area contributed by atoms with Gasteiger partial charge in [0.15, 0.2) is 17.6 Å². The number of carbonyl (C=O) groups is 2. The normalized spacial score (nSPS) is 16.4. The molecule has 9 nitrogen and oxygen atoms in total. The number of thiophene rings is 1. The molecule has 6 aromatic rings. The highest BCUT2D eigenvalue weighted by Crippen LogP contribution is 2.41. The number of amides is 1. The van der Waals surface area contributed by atoms with Gasteiger partial charge in [-0.3, -0.25) is 9.69 Å². The Morgan fingerprint density at radius 3 is 2.31 bits per heavy atom. The minimum Gasteiger partial charge on any atom is -0.489 e. The number of nitrogens with zero attached hydrogens (tertiary/aromatic N) is 2. The Labute approximate surface area is 349 Å². The van der Waals surface area contributed by atoms with Gasteiger partial charge in [-0.25, -0.2) is 4.79 Å². The summed E-state index contributed by atoms with van der Waals surface area (Å²) in [5, 5.41) is 25.2. The first-order valence-corrected chi connectivity index (χ1v) is 20.3. The summed E-state index contributed by atoms with van der Waals surface area (Å²) >= 11 is 13.8. The van der Waals surface area contributed by atoms with E-state index in [1.165, 1.54) is 0 Å². The summed E-state index contributed by atoms with van der Waals surface area (Å²) < 4.78 is 18.7. The lowest BCUT2D eigenvalue weighted by molar-refractivity contribution is -0.142. The summed E-state index contributed by atoms with van der Waals surface area (Å²) in [7, 11) is 0. The van der Waals surface area contributed by atoms with Gasteiger partial charge in [0, 0.05) is 24.4 Å². The van der Waals surface area contributed by atoms with Gasteiger partial charge in [0.1, 0.15) is 25.0 Å². The van der Waals surface area contributed by atoms with Gasteiger partial charge in [-0.2, -0.15) is 5.26 Å². The van der Waals surface area contributed by atoms with Crippen molar-refractivity contribution in [2.24, 2.45) is 0 Å². The van der Waals surface area contributed by atoms with Gasteiger partial charge in [0.25, 0.3) is 0 Å². The SMILES string of the molecule is N#Cc1ccc(-c2ccc(CC(NC(=O)C3Cc4cc5c(cc4CN3Cc3cccs3)OC(c3ccc(OCc4ccc(Cl)c(Cl)c4)cc3)CO5)C(=O)O)cc2)cc1. The zero-order valence-corrected chi connectivity index (χ0v) is 33.4. The second kappa shape index (κ2) is 17.3. The highest BCUT2D eigenvalue weighted by molar-refractivity contribution is 7.09. The van der Waals surface area contributed by atoms with Crippen molar-refractivity contribution in [1.82, 2.24) is 10.2 Å². The van der Waals surface area contributed by atoms with Crippen LogP contribution in [0.1, 0.15) is 44.4 Å². The lowest BCUT2D eigenvalue weighted by Gasteiger charge is -2.37. The van der Waals surface area contributed by atoms with Crippen LogP contribution in [0.2, 0.25) is 10.0 Å². The van der Waals surface area contributed by atoms with Crippen LogP contribution in [-0.2, 0) is 42.1 Å². The molecule has 3 heterocycles. The largest absolute Gasteiger partial charge is 0.489 e. The van der Waals surface area contributed by atoms with E-state index < -0.39 is 18.1 Å². The fourth-order valence-electron chi connectivity index (χ4n) is 7.25. The summed E-state index contributed by atoms with van der Waals surface area (Å²) in [6.07, 6.45) is 0.165. The molecule has 1 amide bonds. The molecule has 0 aliphatic carbocycles. The molecule has 0 saturated carbocycles. The molecule has 5 aromatic carbocycles. The summed E-state index contributed by atoms with van der Waals surface area (Å²) in [6.45, 7) is 1.64. The van der Waals surface area contributed by atoms with Gasteiger partial charge in [-0.15, -0.1) is 11.3 Å². The maximum absolute atomic E-state index is 14.1. The predicted molar refractivity (Wildman–Crippen MR) is 223 cm³/mol. The fourth-order valence-corrected chi connectivity index (χ4v) is 8.30. The molecule has 3 unspecified atom stereocenters. The third kappa shape index (κ3) is 8.99. The second-order valence-corrected chi connectivity index (χ2v) is 16.1. The molecule has 58 heavy (non-hydrogen) atoms. The van der Waals surface area contributed by atoms with Crippen LogP contribution in [0.25, 0.3) is 11.1 Å². The average molecular weight is 831 g/mol. The van der Waals surface area contributed by atoms with E-state index in [9.17, 15) is 14.7 Å². The molecule has 2 aliphatic rings. The van der Waals surface area contributed by atoms with Crippen molar-refractivity contribution in [3.8, 4) is 34.4 Å². The van der Waals surface area contributed by atoms with Gasteiger partial charge in [-0.05, 0) is 105 Å². The fraction of sp³-hybridized carbons (Fsp3) is 0.196. The number of hydrogen-bond donors (Lipinski definition) is 2. The zero-order chi connectivity index (χ0) is 40.2. The predicted octanol–water partition coefficient (Wildman–Crippen LogP) is 9.42. The van der Waals surface area contributed by atoms with Crippen molar-refractivity contribution in [1.29, 1.82) is 5.26 Å². The van der Waals surface area contributed by atoms with E-state index in [1.54, 1.807) is 35.6 Å². The van der Waals surface area contributed by atoms with Crippen molar-refractivity contribution >= 4 is 46.4 Å². The number of benzene rings is 5. The Morgan fingerprint density at radius 1 is 0.897 bits per heavy atom. The second-order valence-electron chi connectivity index (χ2n) is 14.3. The van der Waals surface area contributed by atoms with Crippen LogP contribution in [0.5, 0.6) is 17.2 Å². The molecule has 1 aromatic heterocycles. The lowest BCUT2D eigenvalue weighted by Crippen LogP contribution is -2.54. The van der Waals surface area contributed by atoms with Gasteiger partial charge in [-0.1, -0.05) is 83.9 Å². The minimum absolute atomic E-state index is 0.122. The topological polar surface area (TPSA) is 121 Å². The Morgan fingerprint density at radius 2 is 1.62 bits per heavy atom. The number of fused-ring (bicyclic) bond motifs is 2. The third-order valence-corrected chi connectivity index (χ3v) is 12.0.